The van der Waals surface area contributed by atoms with Crippen molar-refractivity contribution in [3.05, 3.63) is 95.1 Å². The van der Waals surface area contributed by atoms with Crippen molar-refractivity contribution in [1.29, 1.82) is 0 Å². The van der Waals surface area contributed by atoms with Gasteiger partial charge >= 0.3 is 6.18 Å². The fraction of sp³-hybridized carbons (Fsp3) is 0.136. The zero-order valence-corrected chi connectivity index (χ0v) is 15.0. The fourth-order valence-electron chi connectivity index (χ4n) is 3.33. The van der Waals surface area contributed by atoms with E-state index in [1.807, 2.05) is 37.3 Å². The van der Waals surface area contributed by atoms with Crippen molar-refractivity contribution in [2.45, 2.75) is 19.3 Å². The quantitative estimate of drug-likeness (QED) is 0.609. The Kier molecular flexibility index (Phi) is 4.34. The van der Waals surface area contributed by atoms with Crippen LogP contribution in [-0.2, 0) is 6.18 Å². The molecule has 28 heavy (non-hydrogen) atoms. The Morgan fingerprint density at radius 2 is 1.64 bits per heavy atom. The molecule has 1 unspecified atom stereocenters. The molecule has 3 nitrogen and oxygen atoms in total. The summed E-state index contributed by atoms with van der Waals surface area (Å²) >= 11 is 0. The number of halogens is 3. The molecule has 0 spiro atoms. The molecule has 0 saturated carbocycles. The Hall–Kier alpha value is -3.28. The van der Waals surface area contributed by atoms with E-state index in [1.54, 1.807) is 18.2 Å². The van der Waals surface area contributed by atoms with E-state index < -0.39 is 17.9 Å². The van der Waals surface area contributed by atoms with Gasteiger partial charge in [0, 0.05) is 11.4 Å². The zero-order valence-electron chi connectivity index (χ0n) is 15.0. The predicted octanol–water partition coefficient (Wildman–Crippen LogP) is 5.78. The van der Waals surface area contributed by atoms with E-state index >= 15 is 0 Å². The maximum absolute atomic E-state index is 13.2. The molecular weight excluding hydrogens is 365 g/mol. The molecule has 1 heterocycles. The topological polar surface area (TPSA) is 32.3 Å². The largest absolute Gasteiger partial charge is 0.416 e. The lowest BCUT2D eigenvalue weighted by Gasteiger charge is -2.38. The second-order valence-corrected chi connectivity index (χ2v) is 6.73. The third-order valence-electron chi connectivity index (χ3n) is 4.77. The van der Waals surface area contributed by atoms with Crippen LogP contribution in [0.5, 0.6) is 0 Å². The van der Waals surface area contributed by atoms with Crippen molar-refractivity contribution in [3.63, 3.8) is 0 Å². The number of rotatable bonds is 2. The molecule has 1 amide bonds. The predicted molar refractivity (Wildman–Crippen MR) is 102 cm³/mol. The van der Waals surface area contributed by atoms with Crippen LogP contribution < -0.4 is 10.2 Å². The highest BCUT2D eigenvalue weighted by molar-refractivity contribution is 6.12. The minimum atomic E-state index is -4.49. The first-order valence-corrected chi connectivity index (χ1v) is 8.77. The zero-order chi connectivity index (χ0) is 19.9. The SMILES string of the molecule is Cc1ccc(C2Nc3ccccc3C(=O)N2c2cccc(C(F)(F)F)c2)cc1. The van der Waals surface area contributed by atoms with Crippen molar-refractivity contribution in [1.82, 2.24) is 0 Å². The van der Waals surface area contributed by atoms with Crippen LogP contribution in [0.2, 0.25) is 0 Å². The molecule has 4 rings (SSSR count). The van der Waals surface area contributed by atoms with Gasteiger partial charge in [0.25, 0.3) is 5.91 Å². The van der Waals surface area contributed by atoms with Crippen LogP contribution in [0.3, 0.4) is 0 Å². The molecule has 0 fully saturated rings. The summed E-state index contributed by atoms with van der Waals surface area (Å²) in [7, 11) is 0. The minimum absolute atomic E-state index is 0.187. The number of fused-ring (bicyclic) bond motifs is 1. The maximum atomic E-state index is 13.2. The first-order chi connectivity index (χ1) is 13.3. The van der Waals surface area contributed by atoms with Crippen molar-refractivity contribution in [2.75, 3.05) is 10.2 Å². The standard InChI is InChI=1S/C22H17F3N2O/c1-14-9-11-15(12-10-14)20-26-19-8-3-2-7-18(19)21(28)27(20)17-6-4-5-16(13-17)22(23,24)25/h2-13,20,26H,1H3. The van der Waals surface area contributed by atoms with Gasteiger partial charge < -0.3 is 5.32 Å². The molecule has 0 aliphatic carbocycles. The third-order valence-corrected chi connectivity index (χ3v) is 4.77. The average molecular weight is 382 g/mol. The van der Waals surface area contributed by atoms with E-state index in [4.69, 9.17) is 0 Å². The summed E-state index contributed by atoms with van der Waals surface area (Å²) in [5.74, 6) is -0.348. The molecule has 1 aliphatic rings. The van der Waals surface area contributed by atoms with Crippen molar-refractivity contribution < 1.29 is 18.0 Å². The first-order valence-electron chi connectivity index (χ1n) is 8.77. The number of hydrogen-bond donors (Lipinski definition) is 1. The number of aryl methyl sites for hydroxylation is 1. The van der Waals surface area contributed by atoms with E-state index in [2.05, 4.69) is 5.32 Å². The van der Waals surface area contributed by atoms with Gasteiger partial charge in [0.2, 0.25) is 0 Å². The maximum Gasteiger partial charge on any atom is 0.416 e. The highest BCUT2D eigenvalue weighted by atomic mass is 19.4. The summed E-state index contributed by atoms with van der Waals surface area (Å²) in [6, 6.07) is 19.4. The van der Waals surface area contributed by atoms with Crippen LogP contribution >= 0.6 is 0 Å². The fourth-order valence-corrected chi connectivity index (χ4v) is 3.33. The highest BCUT2D eigenvalue weighted by Crippen LogP contribution is 2.39. The van der Waals surface area contributed by atoms with Crippen molar-refractivity contribution in [2.24, 2.45) is 0 Å². The van der Waals surface area contributed by atoms with Crippen molar-refractivity contribution in [3.8, 4) is 0 Å². The molecule has 3 aromatic rings. The summed E-state index contributed by atoms with van der Waals surface area (Å²) in [4.78, 5) is 14.6. The van der Waals surface area contributed by atoms with Gasteiger partial charge in [-0.15, -0.1) is 0 Å². The van der Waals surface area contributed by atoms with E-state index in [0.29, 0.717) is 11.3 Å². The average Bonchev–Trinajstić information content (AvgIpc) is 2.68. The number of alkyl halides is 3. The van der Waals surface area contributed by atoms with Gasteiger partial charge in [0.1, 0.15) is 6.17 Å². The summed E-state index contributed by atoms with van der Waals surface area (Å²) in [6.07, 6.45) is -5.11. The van der Waals surface area contributed by atoms with Crippen LogP contribution in [0.25, 0.3) is 0 Å². The number of carbonyl (C=O) groups excluding carboxylic acids is 1. The molecule has 0 radical (unpaired) electrons. The van der Waals surface area contributed by atoms with E-state index in [-0.39, 0.29) is 11.6 Å². The normalized spacial score (nSPS) is 16.5. The molecule has 6 heteroatoms. The number of hydrogen-bond acceptors (Lipinski definition) is 2. The van der Waals surface area contributed by atoms with Gasteiger partial charge in [0.15, 0.2) is 0 Å². The number of anilines is 2. The number of benzene rings is 3. The van der Waals surface area contributed by atoms with E-state index in [1.165, 1.54) is 17.0 Å². The number of carbonyl (C=O) groups is 1. The van der Waals surface area contributed by atoms with E-state index in [0.717, 1.165) is 23.3 Å². The molecule has 0 saturated heterocycles. The highest BCUT2D eigenvalue weighted by Gasteiger charge is 2.36. The van der Waals surface area contributed by atoms with Gasteiger partial charge in [-0.1, -0.05) is 48.0 Å². The lowest BCUT2D eigenvalue weighted by molar-refractivity contribution is -0.137. The van der Waals surface area contributed by atoms with Gasteiger partial charge in [-0.2, -0.15) is 13.2 Å². The van der Waals surface area contributed by atoms with Gasteiger partial charge in [-0.05, 0) is 42.8 Å². The molecule has 0 bridgehead atoms. The second-order valence-electron chi connectivity index (χ2n) is 6.73. The Morgan fingerprint density at radius 3 is 2.36 bits per heavy atom. The molecule has 142 valence electrons. The summed E-state index contributed by atoms with van der Waals surface area (Å²) in [6.45, 7) is 1.95. The third kappa shape index (κ3) is 3.22. The summed E-state index contributed by atoms with van der Waals surface area (Å²) in [5, 5.41) is 3.29. The Labute approximate surface area is 160 Å². The number of amides is 1. The lowest BCUT2D eigenvalue weighted by atomic mass is 10.0. The van der Waals surface area contributed by atoms with Crippen LogP contribution in [0.1, 0.15) is 33.2 Å². The molecule has 1 aliphatic heterocycles. The van der Waals surface area contributed by atoms with Gasteiger partial charge in [0.05, 0.1) is 11.1 Å². The number of para-hydroxylation sites is 1. The molecule has 1 atom stereocenters. The minimum Gasteiger partial charge on any atom is -0.360 e. The monoisotopic (exact) mass is 382 g/mol. The summed E-state index contributed by atoms with van der Waals surface area (Å²) < 4.78 is 39.6. The van der Waals surface area contributed by atoms with Crippen LogP contribution in [-0.4, -0.2) is 5.91 Å². The van der Waals surface area contributed by atoms with Gasteiger partial charge in [-0.3, -0.25) is 9.69 Å². The first kappa shape index (κ1) is 18.1. The molecule has 1 N–H and O–H groups in total. The number of nitrogens with zero attached hydrogens (tertiary/aromatic N) is 1. The Morgan fingerprint density at radius 1 is 0.929 bits per heavy atom. The lowest BCUT2D eigenvalue weighted by Crippen LogP contribution is -2.43. The Balaban J connectivity index is 1.86. The van der Waals surface area contributed by atoms with Crippen molar-refractivity contribution >= 4 is 17.3 Å². The van der Waals surface area contributed by atoms with E-state index in [9.17, 15) is 18.0 Å². The van der Waals surface area contributed by atoms with Crippen LogP contribution in [0.4, 0.5) is 24.5 Å². The smallest absolute Gasteiger partial charge is 0.360 e. The molecule has 0 aromatic heterocycles. The molecular formula is C22H17F3N2O. The van der Waals surface area contributed by atoms with Crippen LogP contribution in [0, 0.1) is 6.92 Å². The second kappa shape index (κ2) is 6.71. The van der Waals surface area contributed by atoms with Gasteiger partial charge in [-0.25, -0.2) is 0 Å². The Bertz CT molecular complexity index is 1030. The van der Waals surface area contributed by atoms with Crippen LogP contribution in [0.15, 0.2) is 72.8 Å². The number of nitrogens with one attached hydrogen (secondary N) is 1. The molecule has 3 aromatic carbocycles. The summed E-state index contributed by atoms with van der Waals surface area (Å²) in [5.41, 5.74) is 2.30.